The largest absolute Gasteiger partial charge is 0.494 e. The third-order valence-electron chi connectivity index (χ3n) is 6.42. The Morgan fingerprint density at radius 3 is 2.70 bits per heavy atom. The molecule has 33 heavy (non-hydrogen) atoms. The van der Waals surface area contributed by atoms with E-state index in [2.05, 4.69) is 57.4 Å². The highest BCUT2D eigenvalue weighted by Gasteiger charge is 2.21. The Morgan fingerprint density at radius 1 is 1.03 bits per heavy atom. The van der Waals surface area contributed by atoms with Crippen molar-refractivity contribution in [2.75, 3.05) is 44.2 Å². The van der Waals surface area contributed by atoms with Gasteiger partial charge in [0, 0.05) is 55.4 Å². The van der Waals surface area contributed by atoms with E-state index in [-0.39, 0.29) is 6.61 Å². The number of ether oxygens (including phenoxy) is 2. The van der Waals surface area contributed by atoms with Crippen LogP contribution < -0.4 is 15.0 Å². The number of cyclic esters (lactones) is 1. The molecule has 0 atom stereocenters. The molecule has 1 aromatic heterocycles. The summed E-state index contributed by atoms with van der Waals surface area (Å²) in [5.41, 5.74) is 4.91. The van der Waals surface area contributed by atoms with Gasteiger partial charge >= 0.3 is 6.09 Å². The number of carbonyl (C=O) groups excluding carboxylic acids is 1. The van der Waals surface area contributed by atoms with Crippen LogP contribution in [0.3, 0.4) is 0 Å². The van der Waals surface area contributed by atoms with Crippen molar-refractivity contribution in [3.8, 4) is 17.0 Å². The van der Waals surface area contributed by atoms with Crippen LogP contribution >= 0.6 is 0 Å². The summed E-state index contributed by atoms with van der Waals surface area (Å²) < 4.78 is 11.4. The van der Waals surface area contributed by atoms with Gasteiger partial charge in [-0.2, -0.15) is 5.10 Å². The van der Waals surface area contributed by atoms with Crippen LogP contribution in [0.5, 0.6) is 5.75 Å². The van der Waals surface area contributed by atoms with Crippen molar-refractivity contribution in [1.29, 1.82) is 0 Å². The van der Waals surface area contributed by atoms with Crippen LogP contribution in [0.15, 0.2) is 36.4 Å². The summed E-state index contributed by atoms with van der Waals surface area (Å²) in [7, 11) is 0. The maximum atomic E-state index is 12.2. The molecule has 8 heteroatoms. The lowest BCUT2D eigenvalue weighted by Gasteiger charge is -2.38. The van der Waals surface area contributed by atoms with Crippen molar-refractivity contribution in [3.05, 3.63) is 42.0 Å². The average Bonchev–Trinajstić information content (AvgIpc) is 3.25. The summed E-state index contributed by atoms with van der Waals surface area (Å²) in [6.07, 6.45) is 0.288. The van der Waals surface area contributed by atoms with Gasteiger partial charge in [-0.15, -0.1) is 0 Å². The summed E-state index contributed by atoms with van der Waals surface area (Å²) in [6, 6.07) is 12.9. The first-order valence-corrected chi connectivity index (χ1v) is 11.7. The van der Waals surface area contributed by atoms with E-state index in [1.54, 1.807) is 0 Å². The topological polar surface area (TPSA) is 82.7 Å². The molecule has 3 heterocycles. The number of rotatable bonds is 2. The predicted molar refractivity (Wildman–Crippen MR) is 129 cm³/mol. The second-order valence-corrected chi connectivity index (χ2v) is 8.99. The van der Waals surface area contributed by atoms with Crippen molar-refractivity contribution < 1.29 is 14.3 Å². The van der Waals surface area contributed by atoms with Gasteiger partial charge in [-0.1, -0.05) is 0 Å². The summed E-state index contributed by atoms with van der Waals surface area (Å²) in [4.78, 5) is 17.1. The van der Waals surface area contributed by atoms with Crippen LogP contribution in [0.25, 0.3) is 22.2 Å². The SMILES string of the molecule is CC(C)N1CCN(c2cc3cc(c2)-c2n[nH]c4ccc(cc24)OCCCNC(=O)OC3)CC1. The van der Waals surface area contributed by atoms with E-state index < -0.39 is 6.09 Å². The Labute approximate surface area is 193 Å². The van der Waals surface area contributed by atoms with Gasteiger partial charge in [-0.05, 0) is 62.2 Å². The summed E-state index contributed by atoms with van der Waals surface area (Å²) in [5.74, 6) is 0.795. The minimum Gasteiger partial charge on any atom is -0.494 e. The first kappa shape index (κ1) is 21.6. The number of aromatic nitrogens is 2. The second-order valence-electron chi connectivity index (χ2n) is 8.99. The number of hydrogen-bond donors (Lipinski definition) is 2. The third-order valence-corrected chi connectivity index (χ3v) is 6.42. The first-order chi connectivity index (χ1) is 16.1. The van der Waals surface area contributed by atoms with Crippen molar-refractivity contribution in [2.24, 2.45) is 0 Å². The van der Waals surface area contributed by atoms with Crippen LogP contribution in [0, 0.1) is 0 Å². The van der Waals surface area contributed by atoms with Gasteiger partial charge in [-0.25, -0.2) is 4.79 Å². The van der Waals surface area contributed by atoms with Crippen molar-refractivity contribution in [2.45, 2.75) is 32.9 Å². The quantitative estimate of drug-likeness (QED) is 0.620. The number of alkyl carbamates (subject to hydrolysis) is 1. The van der Waals surface area contributed by atoms with Crippen LogP contribution in [0.1, 0.15) is 25.8 Å². The fourth-order valence-corrected chi connectivity index (χ4v) is 4.53. The lowest BCUT2D eigenvalue weighted by molar-refractivity contribution is 0.139. The van der Waals surface area contributed by atoms with Crippen LogP contribution in [0.4, 0.5) is 10.5 Å². The maximum absolute atomic E-state index is 12.2. The number of H-pyrrole nitrogens is 1. The Kier molecular flexibility index (Phi) is 6.09. The third kappa shape index (κ3) is 4.75. The molecule has 4 bridgehead atoms. The number of aromatic amines is 1. The normalized spacial score (nSPS) is 17.9. The van der Waals surface area contributed by atoms with E-state index in [4.69, 9.17) is 9.47 Å². The van der Waals surface area contributed by atoms with E-state index in [1.165, 1.54) is 0 Å². The molecule has 2 aliphatic heterocycles. The molecule has 0 unspecified atom stereocenters. The number of carbonyl (C=O) groups is 1. The van der Waals surface area contributed by atoms with Crippen LogP contribution in [0.2, 0.25) is 0 Å². The molecule has 2 aliphatic rings. The number of nitrogens with zero attached hydrogens (tertiary/aromatic N) is 3. The van der Waals surface area contributed by atoms with E-state index >= 15 is 0 Å². The highest BCUT2D eigenvalue weighted by molar-refractivity contribution is 5.94. The average molecular weight is 450 g/mol. The molecule has 1 amide bonds. The number of anilines is 1. The minimum atomic E-state index is -0.412. The van der Waals surface area contributed by atoms with Gasteiger partial charge in [0.15, 0.2) is 0 Å². The zero-order chi connectivity index (χ0) is 22.8. The summed E-state index contributed by atoms with van der Waals surface area (Å²) >= 11 is 0. The number of fused-ring (bicyclic) bond motifs is 4. The first-order valence-electron chi connectivity index (χ1n) is 11.7. The molecule has 2 N–H and O–H groups in total. The molecular formula is C25H31N5O3. The van der Waals surface area contributed by atoms with Crippen LogP contribution in [-0.2, 0) is 11.3 Å². The molecule has 5 rings (SSSR count). The Hall–Kier alpha value is -3.26. The van der Waals surface area contributed by atoms with Gasteiger partial charge in [0.1, 0.15) is 18.1 Å². The molecule has 0 spiro atoms. The smallest absolute Gasteiger partial charge is 0.407 e. The number of amides is 1. The van der Waals surface area contributed by atoms with Gasteiger partial charge in [0.25, 0.3) is 0 Å². The summed E-state index contributed by atoms with van der Waals surface area (Å²) in [6.45, 7) is 9.70. The Morgan fingerprint density at radius 2 is 1.88 bits per heavy atom. The van der Waals surface area contributed by atoms with E-state index in [0.717, 1.165) is 65.3 Å². The van der Waals surface area contributed by atoms with E-state index in [0.29, 0.717) is 25.6 Å². The Bertz CT molecular complexity index is 1130. The molecule has 0 aliphatic carbocycles. The van der Waals surface area contributed by atoms with Crippen LogP contribution in [-0.4, -0.2) is 66.6 Å². The van der Waals surface area contributed by atoms with Gasteiger partial charge < -0.3 is 19.7 Å². The number of hydrogen-bond acceptors (Lipinski definition) is 6. The Balaban J connectivity index is 1.53. The number of piperazine rings is 1. The molecular weight excluding hydrogens is 418 g/mol. The fourth-order valence-electron chi connectivity index (χ4n) is 4.53. The molecule has 0 saturated carbocycles. The van der Waals surface area contributed by atoms with Gasteiger partial charge in [-0.3, -0.25) is 10.00 Å². The van der Waals surface area contributed by atoms with E-state index in [9.17, 15) is 4.79 Å². The highest BCUT2D eigenvalue weighted by Crippen LogP contribution is 2.33. The lowest BCUT2D eigenvalue weighted by Crippen LogP contribution is -2.48. The standard InChI is InChI=1S/C25H31N5O3/c1-17(2)29-7-9-30(10-8-29)20-13-18-12-19(14-20)24-22-15-21(4-5-23(22)27-28-24)32-11-3-6-26-25(31)33-16-18/h4-5,12-15,17H,3,6-11,16H2,1-2H3,(H,26,31)(H,27,28). The molecule has 0 radical (unpaired) electrons. The number of nitrogens with one attached hydrogen (secondary N) is 2. The zero-order valence-electron chi connectivity index (χ0n) is 19.3. The van der Waals surface area contributed by atoms with Crippen molar-refractivity contribution in [3.63, 3.8) is 0 Å². The van der Waals surface area contributed by atoms with Gasteiger partial charge in [0.2, 0.25) is 0 Å². The lowest BCUT2D eigenvalue weighted by atomic mass is 10.0. The maximum Gasteiger partial charge on any atom is 0.407 e. The summed E-state index contributed by atoms with van der Waals surface area (Å²) in [5, 5.41) is 11.6. The fraction of sp³-hybridized carbons (Fsp3) is 0.440. The molecule has 2 aromatic carbocycles. The van der Waals surface area contributed by atoms with Crippen molar-refractivity contribution >= 4 is 22.7 Å². The molecule has 8 nitrogen and oxygen atoms in total. The molecule has 3 aromatic rings. The van der Waals surface area contributed by atoms with E-state index in [1.807, 2.05) is 18.2 Å². The zero-order valence-corrected chi connectivity index (χ0v) is 19.3. The second kappa shape index (κ2) is 9.31. The van der Waals surface area contributed by atoms with Gasteiger partial charge in [0.05, 0.1) is 12.1 Å². The van der Waals surface area contributed by atoms with Crippen molar-refractivity contribution in [1.82, 2.24) is 20.4 Å². The highest BCUT2D eigenvalue weighted by atomic mass is 16.5. The molecule has 1 fully saturated rings. The molecule has 174 valence electrons. The predicted octanol–water partition coefficient (Wildman–Crippen LogP) is 3.77. The number of benzene rings is 2. The molecule has 1 saturated heterocycles. The monoisotopic (exact) mass is 449 g/mol. The minimum absolute atomic E-state index is 0.211.